The van der Waals surface area contributed by atoms with Crippen LogP contribution in [0.25, 0.3) is 0 Å². The number of hydrogen-bond donors (Lipinski definition) is 2. The minimum Gasteiger partial charge on any atom is -0.512 e. The van der Waals surface area contributed by atoms with Crippen LogP contribution in [0.4, 0.5) is 0 Å². The Balaban J connectivity index is 2.52. The van der Waals surface area contributed by atoms with E-state index in [4.69, 9.17) is 10.2 Å². The zero-order chi connectivity index (χ0) is 8.97. The van der Waals surface area contributed by atoms with E-state index in [-0.39, 0.29) is 11.7 Å². The third kappa shape index (κ3) is 2.62. The largest absolute Gasteiger partial charge is 0.512 e. The van der Waals surface area contributed by atoms with Crippen LogP contribution in [-0.4, -0.2) is 16.2 Å². The molecule has 0 aromatic carbocycles. The van der Waals surface area contributed by atoms with Crippen molar-refractivity contribution in [3.05, 3.63) is 36.1 Å². The highest BCUT2D eigenvalue weighted by Gasteiger charge is 2.06. The molecule has 64 valence electrons. The number of allylic oxidation sites excluding steroid dienone is 5. The Labute approximate surface area is 70.3 Å². The van der Waals surface area contributed by atoms with Crippen LogP contribution in [0, 0.1) is 5.92 Å². The molecule has 1 aliphatic rings. The Morgan fingerprint density at radius 2 is 2.42 bits per heavy atom. The smallest absolute Gasteiger partial charge is 0.327 e. The fourth-order valence-electron chi connectivity index (χ4n) is 1.03. The lowest BCUT2D eigenvalue weighted by Gasteiger charge is -2.09. The lowest BCUT2D eigenvalue weighted by molar-refractivity contribution is -0.131. The molecule has 0 fully saturated rings. The van der Waals surface area contributed by atoms with Crippen molar-refractivity contribution < 1.29 is 15.0 Å². The van der Waals surface area contributed by atoms with Crippen molar-refractivity contribution >= 4 is 5.97 Å². The quantitative estimate of drug-likeness (QED) is 0.613. The summed E-state index contributed by atoms with van der Waals surface area (Å²) in [5, 5.41) is 17.4. The van der Waals surface area contributed by atoms with E-state index in [9.17, 15) is 4.79 Å². The van der Waals surface area contributed by atoms with E-state index in [1.54, 1.807) is 18.2 Å². The monoisotopic (exact) mass is 166 g/mol. The van der Waals surface area contributed by atoms with Gasteiger partial charge in [-0.1, -0.05) is 18.2 Å². The van der Waals surface area contributed by atoms with Crippen LogP contribution in [0.3, 0.4) is 0 Å². The van der Waals surface area contributed by atoms with Gasteiger partial charge in [-0.3, -0.25) is 0 Å². The highest BCUT2D eigenvalue weighted by Crippen LogP contribution is 2.17. The summed E-state index contributed by atoms with van der Waals surface area (Å²) >= 11 is 0. The lowest BCUT2D eigenvalue weighted by Crippen LogP contribution is -1.99. The fraction of sp³-hybridized carbons (Fsp3) is 0.222. The van der Waals surface area contributed by atoms with E-state index in [1.807, 2.05) is 6.08 Å². The zero-order valence-electron chi connectivity index (χ0n) is 6.47. The number of carbonyl (C=O) groups is 1. The summed E-state index contributed by atoms with van der Waals surface area (Å²) < 4.78 is 0. The van der Waals surface area contributed by atoms with Gasteiger partial charge in [0.2, 0.25) is 0 Å². The molecule has 1 aliphatic carbocycles. The average molecular weight is 166 g/mol. The number of hydrogen-bond acceptors (Lipinski definition) is 2. The van der Waals surface area contributed by atoms with Gasteiger partial charge in [-0.2, -0.15) is 0 Å². The van der Waals surface area contributed by atoms with E-state index in [0.717, 1.165) is 6.08 Å². The third-order valence-electron chi connectivity index (χ3n) is 1.58. The lowest BCUT2D eigenvalue weighted by atomic mass is 9.99. The van der Waals surface area contributed by atoms with Gasteiger partial charge in [0.1, 0.15) is 0 Å². The van der Waals surface area contributed by atoms with Gasteiger partial charge in [0, 0.05) is 18.4 Å². The number of aliphatic carboxylic acids is 1. The predicted octanol–water partition coefficient (Wildman–Crippen LogP) is 1.65. The van der Waals surface area contributed by atoms with E-state index < -0.39 is 5.97 Å². The van der Waals surface area contributed by atoms with Gasteiger partial charge in [-0.05, 0) is 6.08 Å². The molecule has 0 aromatic rings. The second kappa shape index (κ2) is 3.76. The van der Waals surface area contributed by atoms with Crippen LogP contribution in [0.15, 0.2) is 36.1 Å². The second-order valence-corrected chi connectivity index (χ2v) is 2.61. The molecule has 0 spiro atoms. The minimum absolute atomic E-state index is 0.00565. The van der Waals surface area contributed by atoms with Gasteiger partial charge >= 0.3 is 5.97 Å². The van der Waals surface area contributed by atoms with Crippen molar-refractivity contribution in [2.45, 2.75) is 6.42 Å². The van der Waals surface area contributed by atoms with E-state index in [2.05, 4.69) is 0 Å². The average Bonchev–Trinajstić information content (AvgIpc) is 2.01. The fourth-order valence-corrected chi connectivity index (χ4v) is 1.03. The molecule has 1 rings (SSSR count). The summed E-state index contributed by atoms with van der Waals surface area (Å²) in [7, 11) is 0. The zero-order valence-corrected chi connectivity index (χ0v) is 6.47. The first-order chi connectivity index (χ1) is 5.68. The van der Waals surface area contributed by atoms with Crippen molar-refractivity contribution in [3.63, 3.8) is 0 Å². The van der Waals surface area contributed by atoms with Crippen molar-refractivity contribution in [3.8, 4) is 0 Å². The van der Waals surface area contributed by atoms with Crippen molar-refractivity contribution in [1.82, 2.24) is 0 Å². The molecule has 1 atom stereocenters. The molecule has 2 N–H and O–H groups in total. The Bertz CT molecular complexity index is 261. The molecule has 0 heterocycles. The van der Waals surface area contributed by atoms with Gasteiger partial charge < -0.3 is 10.2 Å². The first kappa shape index (κ1) is 8.59. The van der Waals surface area contributed by atoms with Gasteiger partial charge in [-0.25, -0.2) is 4.79 Å². The van der Waals surface area contributed by atoms with Crippen molar-refractivity contribution in [2.75, 3.05) is 0 Å². The molecule has 0 aliphatic heterocycles. The summed E-state index contributed by atoms with van der Waals surface area (Å²) in [6, 6.07) is 0. The molecule has 3 nitrogen and oxygen atoms in total. The van der Waals surface area contributed by atoms with Gasteiger partial charge in [-0.15, -0.1) is 0 Å². The predicted molar refractivity (Wildman–Crippen MR) is 44.7 cm³/mol. The molecule has 0 saturated carbocycles. The molecular weight excluding hydrogens is 156 g/mol. The first-order valence-corrected chi connectivity index (χ1v) is 3.66. The van der Waals surface area contributed by atoms with Crippen molar-refractivity contribution in [2.24, 2.45) is 5.92 Å². The number of aliphatic hydroxyl groups is 1. The maximum absolute atomic E-state index is 10.1. The Morgan fingerprint density at radius 1 is 1.67 bits per heavy atom. The van der Waals surface area contributed by atoms with Crippen LogP contribution in [0.5, 0.6) is 0 Å². The number of carboxylic acids is 1. The molecule has 0 bridgehead atoms. The van der Waals surface area contributed by atoms with Gasteiger partial charge in [0.05, 0.1) is 5.76 Å². The number of rotatable bonds is 2. The summed E-state index contributed by atoms with van der Waals surface area (Å²) in [5.41, 5.74) is 0. The summed E-state index contributed by atoms with van der Waals surface area (Å²) in [5.74, 6) is -0.666. The summed E-state index contributed by atoms with van der Waals surface area (Å²) in [4.78, 5) is 10.1. The van der Waals surface area contributed by atoms with Crippen LogP contribution in [-0.2, 0) is 4.79 Å². The van der Waals surface area contributed by atoms with E-state index in [1.165, 1.54) is 0 Å². The SMILES string of the molecule is O=C(O)/C=C/C1C=CC=C(O)C1. The Kier molecular flexibility index (Phi) is 2.69. The van der Waals surface area contributed by atoms with Gasteiger partial charge in [0.15, 0.2) is 0 Å². The second-order valence-electron chi connectivity index (χ2n) is 2.61. The van der Waals surface area contributed by atoms with Crippen LogP contribution in [0.2, 0.25) is 0 Å². The Hall–Kier alpha value is -1.51. The van der Waals surface area contributed by atoms with E-state index in [0.29, 0.717) is 6.42 Å². The molecule has 0 amide bonds. The molecule has 12 heavy (non-hydrogen) atoms. The Morgan fingerprint density at radius 3 is 3.00 bits per heavy atom. The summed E-state index contributed by atoms with van der Waals surface area (Å²) in [6.07, 6.45) is 8.30. The molecule has 0 saturated heterocycles. The molecule has 3 heteroatoms. The highest BCUT2D eigenvalue weighted by atomic mass is 16.4. The maximum atomic E-state index is 10.1. The van der Waals surface area contributed by atoms with E-state index >= 15 is 0 Å². The van der Waals surface area contributed by atoms with Crippen LogP contribution >= 0.6 is 0 Å². The summed E-state index contributed by atoms with van der Waals surface area (Å²) in [6.45, 7) is 0. The minimum atomic E-state index is -0.961. The number of carboxylic acid groups (broad SMARTS) is 1. The standard InChI is InChI=1S/C9H10O3/c10-8-3-1-2-7(6-8)4-5-9(11)12/h1-5,7,10H,6H2,(H,11,12)/b5-4+. The number of aliphatic hydroxyl groups excluding tert-OH is 1. The normalized spacial score (nSPS) is 22.7. The molecule has 1 unspecified atom stereocenters. The van der Waals surface area contributed by atoms with Crippen LogP contribution < -0.4 is 0 Å². The van der Waals surface area contributed by atoms with Crippen LogP contribution in [0.1, 0.15) is 6.42 Å². The topological polar surface area (TPSA) is 57.5 Å². The molecule has 0 aromatic heterocycles. The van der Waals surface area contributed by atoms with Crippen molar-refractivity contribution in [1.29, 1.82) is 0 Å². The maximum Gasteiger partial charge on any atom is 0.327 e. The molecular formula is C9H10O3. The third-order valence-corrected chi connectivity index (χ3v) is 1.58. The first-order valence-electron chi connectivity index (χ1n) is 3.66. The van der Waals surface area contributed by atoms with Gasteiger partial charge in [0.25, 0.3) is 0 Å². The highest BCUT2D eigenvalue weighted by molar-refractivity contribution is 5.79. The molecule has 0 radical (unpaired) electrons.